The minimum atomic E-state index is -2.14. The molecule has 0 fully saturated rings. The van der Waals surface area contributed by atoms with Crippen LogP contribution >= 0.6 is 0 Å². The Bertz CT molecular complexity index is 3440. The fourth-order valence-corrected chi connectivity index (χ4v) is 18.5. The number of fused-ring (bicyclic) bond motifs is 14. The van der Waals surface area contributed by atoms with E-state index in [0.29, 0.717) is 0 Å². The fraction of sp³-hybridized carbons (Fsp3) is 0.194. The standard InChI is InChI=1S/C62H54O2Si2/c1-35-39-27-25-38(42-20-16-24-52-58(42)64-60-54(66(52,9)10)32-30-50-56(60)44-18-12-14-22-48(44)62(50,5)6)34-46(39)36(2)40-28-26-37(33-45(35)40)41-19-15-23-51-57(41)63-59-53(65(51,7)8)31-29-49-55(59)43-17-11-13-21-47(43)61(49,3)4/h11-34H,1-10H3. The second kappa shape index (κ2) is 13.1. The molecular formula is C62H54O2Si2. The second-order valence-corrected chi connectivity index (χ2v) is 30.3. The predicted octanol–water partition coefficient (Wildman–Crippen LogP) is 14.4. The van der Waals surface area contributed by atoms with Crippen LogP contribution in [0.15, 0.2) is 146 Å². The Kier molecular flexibility index (Phi) is 7.92. The van der Waals surface area contributed by atoms with E-state index < -0.39 is 16.1 Å². The third-order valence-electron chi connectivity index (χ3n) is 16.8. The van der Waals surface area contributed by atoms with E-state index in [2.05, 4.69) is 213 Å². The van der Waals surface area contributed by atoms with Crippen molar-refractivity contribution in [3.63, 3.8) is 0 Å². The topological polar surface area (TPSA) is 18.5 Å². The summed E-state index contributed by atoms with van der Waals surface area (Å²) in [7, 11) is -4.28. The molecule has 0 N–H and O–H groups in total. The van der Waals surface area contributed by atoms with Crippen LogP contribution in [0.3, 0.4) is 0 Å². The summed E-state index contributed by atoms with van der Waals surface area (Å²) in [6, 6.07) is 55.3. The summed E-state index contributed by atoms with van der Waals surface area (Å²) in [6.07, 6.45) is 0. The lowest BCUT2D eigenvalue weighted by Gasteiger charge is -2.36. The molecule has 2 nitrogen and oxygen atoms in total. The number of benzene rings is 9. The van der Waals surface area contributed by atoms with E-state index in [1.807, 2.05) is 0 Å². The lowest BCUT2D eigenvalue weighted by molar-refractivity contribution is 0.489. The molecule has 0 unspecified atom stereocenters. The van der Waals surface area contributed by atoms with Crippen LogP contribution in [0.2, 0.25) is 26.2 Å². The van der Waals surface area contributed by atoms with Gasteiger partial charge in [-0.25, -0.2) is 0 Å². The van der Waals surface area contributed by atoms with Gasteiger partial charge in [-0.15, -0.1) is 0 Å². The number of hydrogen-bond donors (Lipinski definition) is 0. The van der Waals surface area contributed by atoms with Gasteiger partial charge in [-0.1, -0.05) is 187 Å². The first-order valence-corrected chi connectivity index (χ1v) is 29.8. The maximum atomic E-state index is 7.33. The van der Waals surface area contributed by atoms with Gasteiger partial charge in [-0.05, 0) is 124 Å². The van der Waals surface area contributed by atoms with Crippen molar-refractivity contribution < 1.29 is 9.47 Å². The van der Waals surface area contributed by atoms with Crippen molar-refractivity contribution in [1.29, 1.82) is 0 Å². The molecule has 0 amide bonds. The Morgan fingerprint density at radius 1 is 0.348 bits per heavy atom. The number of rotatable bonds is 2. The van der Waals surface area contributed by atoms with Gasteiger partial charge in [-0.3, -0.25) is 0 Å². The van der Waals surface area contributed by atoms with Gasteiger partial charge in [0.25, 0.3) is 0 Å². The molecule has 2 aliphatic carbocycles. The van der Waals surface area contributed by atoms with Crippen molar-refractivity contribution in [3.8, 4) is 67.5 Å². The predicted molar refractivity (Wildman–Crippen MR) is 283 cm³/mol. The van der Waals surface area contributed by atoms with Crippen molar-refractivity contribution in [2.45, 2.75) is 78.6 Å². The van der Waals surface area contributed by atoms with Gasteiger partial charge in [0.1, 0.15) is 39.1 Å². The van der Waals surface area contributed by atoms with Crippen molar-refractivity contribution in [1.82, 2.24) is 0 Å². The molecule has 322 valence electrons. The Labute approximate surface area is 390 Å². The zero-order chi connectivity index (χ0) is 45.4. The summed E-state index contributed by atoms with van der Waals surface area (Å²) in [6.45, 7) is 24.0. The van der Waals surface area contributed by atoms with Crippen molar-refractivity contribution >= 4 is 58.4 Å². The molecule has 0 spiro atoms. The molecule has 0 bridgehead atoms. The smallest absolute Gasteiger partial charge is 0.135 e. The molecule has 0 saturated carbocycles. The number of ether oxygens (including phenoxy) is 2. The first kappa shape index (κ1) is 39.9. The summed E-state index contributed by atoms with van der Waals surface area (Å²) >= 11 is 0. The maximum Gasteiger partial charge on any atom is 0.135 e. The molecule has 0 radical (unpaired) electrons. The van der Waals surface area contributed by atoms with E-state index >= 15 is 0 Å². The highest BCUT2D eigenvalue weighted by atomic mass is 28.3. The van der Waals surface area contributed by atoms with Crippen LogP contribution < -0.4 is 30.2 Å². The van der Waals surface area contributed by atoms with Gasteiger partial charge < -0.3 is 9.47 Å². The van der Waals surface area contributed by atoms with Crippen LogP contribution in [-0.4, -0.2) is 16.1 Å². The summed E-state index contributed by atoms with van der Waals surface area (Å²) < 4.78 is 14.7. The third kappa shape index (κ3) is 5.01. The van der Waals surface area contributed by atoms with Crippen molar-refractivity contribution in [3.05, 3.63) is 179 Å². The van der Waals surface area contributed by atoms with E-state index in [9.17, 15) is 0 Å². The SMILES string of the molecule is Cc1c2ccc(-c3cccc4c3Oc3c(ccc5c3-c3ccccc3C5(C)C)[Si]4(C)C)cc2c(C)c2ccc(-c3cccc4c3Oc3c(ccc5c3-c3ccccc3C5(C)C)[Si]4(C)C)cc12. The molecule has 2 aliphatic heterocycles. The minimum Gasteiger partial charge on any atom is -0.456 e. The first-order chi connectivity index (χ1) is 31.6. The molecule has 0 saturated heterocycles. The average Bonchev–Trinajstić information content (AvgIpc) is 3.70. The molecule has 2 heterocycles. The van der Waals surface area contributed by atoms with Gasteiger partial charge in [0.15, 0.2) is 0 Å². The summed E-state index contributed by atoms with van der Waals surface area (Å²) in [5.74, 6) is 4.18. The van der Waals surface area contributed by atoms with E-state index in [0.717, 1.165) is 34.1 Å². The maximum absolute atomic E-state index is 7.33. The van der Waals surface area contributed by atoms with Crippen LogP contribution in [-0.2, 0) is 10.8 Å². The molecule has 66 heavy (non-hydrogen) atoms. The van der Waals surface area contributed by atoms with E-state index in [-0.39, 0.29) is 10.8 Å². The summed E-state index contributed by atoms with van der Waals surface area (Å²) in [4.78, 5) is 0. The zero-order valence-corrected chi connectivity index (χ0v) is 41.7. The van der Waals surface area contributed by atoms with E-state index in [4.69, 9.17) is 9.47 Å². The molecule has 13 rings (SSSR count). The summed E-state index contributed by atoms with van der Waals surface area (Å²) in [5, 5.41) is 10.6. The fourth-order valence-electron chi connectivity index (χ4n) is 12.9. The highest BCUT2D eigenvalue weighted by molar-refractivity contribution is 7.02. The molecule has 9 aromatic carbocycles. The van der Waals surface area contributed by atoms with Gasteiger partial charge in [0.2, 0.25) is 0 Å². The van der Waals surface area contributed by atoms with Crippen molar-refractivity contribution in [2.75, 3.05) is 0 Å². The summed E-state index contributed by atoms with van der Waals surface area (Å²) in [5.41, 5.74) is 17.8. The highest BCUT2D eigenvalue weighted by Gasteiger charge is 2.46. The molecule has 9 aromatic rings. The Hall–Kier alpha value is -6.47. The number of hydrogen-bond acceptors (Lipinski definition) is 2. The lowest BCUT2D eigenvalue weighted by Crippen LogP contribution is -2.56. The van der Waals surface area contributed by atoms with E-state index in [1.165, 1.54) is 109 Å². The van der Waals surface area contributed by atoms with Crippen LogP contribution in [0.25, 0.3) is 66.1 Å². The quantitative estimate of drug-likeness (QED) is 0.127. The number of para-hydroxylation sites is 2. The Morgan fingerprint density at radius 2 is 0.727 bits per heavy atom. The van der Waals surface area contributed by atoms with Gasteiger partial charge in [0.05, 0.1) is 0 Å². The van der Waals surface area contributed by atoms with Crippen LogP contribution in [0.5, 0.6) is 23.0 Å². The average molecular weight is 887 g/mol. The zero-order valence-electron chi connectivity index (χ0n) is 39.7. The van der Waals surface area contributed by atoms with Gasteiger partial charge in [-0.2, -0.15) is 0 Å². The largest absolute Gasteiger partial charge is 0.456 e. The third-order valence-corrected chi connectivity index (χ3v) is 23.8. The first-order valence-electron chi connectivity index (χ1n) is 23.8. The molecule has 0 aromatic heterocycles. The monoisotopic (exact) mass is 886 g/mol. The van der Waals surface area contributed by atoms with Crippen LogP contribution in [0.4, 0.5) is 0 Å². The Morgan fingerprint density at radius 3 is 1.15 bits per heavy atom. The molecule has 0 atom stereocenters. The molecule has 4 aliphatic rings. The highest BCUT2D eigenvalue weighted by Crippen LogP contribution is 2.56. The minimum absolute atomic E-state index is 0.0861. The van der Waals surface area contributed by atoms with Crippen molar-refractivity contribution in [2.24, 2.45) is 0 Å². The lowest BCUT2D eigenvalue weighted by atomic mass is 9.82. The van der Waals surface area contributed by atoms with Gasteiger partial charge in [0, 0.05) is 33.1 Å². The normalized spacial score (nSPS) is 16.8. The van der Waals surface area contributed by atoms with Crippen LogP contribution in [0, 0.1) is 13.8 Å². The Balaban J connectivity index is 0.922. The molecular weight excluding hydrogens is 833 g/mol. The molecule has 4 heteroatoms. The second-order valence-electron chi connectivity index (χ2n) is 21.7. The number of aryl methyl sites for hydroxylation is 2. The van der Waals surface area contributed by atoms with Crippen LogP contribution in [0.1, 0.15) is 61.1 Å². The van der Waals surface area contributed by atoms with Gasteiger partial charge >= 0.3 is 0 Å². The van der Waals surface area contributed by atoms with E-state index in [1.54, 1.807) is 0 Å².